The van der Waals surface area contributed by atoms with Crippen molar-refractivity contribution in [2.45, 2.75) is 39.5 Å². The lowest BCUT2D eigenvalue weighted by Gasteiger charge is -2.31. The first-order valence-corrected chi connectivity index (χ1v) is 12.6. The molecule has 202 valence electrons. The van der Waals surface area contributed by atoms with Crippen LogP contribution in [0.1, 0.15) is 61.3 Å². The van der Waals surface area contributed by atoms with E-state index in [4.69, 9.17) is 14.1 Å². The van der Waals surface area contributed by atoms with Crippen LogP contribution in [0.3, 0.4) is 0 Å². The number of carbonyl (C=O) groups excluding carboxylic acids is 1. The van der Waals surface area contributed by atoms with E-state index < -0.39 is 23.2 Å². The number of aromatic nitrogens is 1. The van der Waals surface area contributed by atoms with E-state index in [0.717, 1.165) is 12.1 Å². The summed E-state index contributed by atoms with van der Waals surface area (Å²) < 4.78 is 54.9. The number of rotatable bonds is 9. The average Bonchev–Trinajstić information content (AvgIpc) is 3.39. The summed E-state index contributed by atoms with van der Waals surface area (Å²) in [5, 5.41) is 7.55. The Bertz CT molecular complexity index is 1280. The molecule has 1 amide bonds. The van der Waals surface area contributed by atoms with Crippen LogP contribution in [0.15, 0.2) is 46.1 Å². The van der Waals surface area contributed by atoms with Gasteiger partial charge in [0.15, 0.2) is 23.1 Å². The maximum Gasteiger partial charge on any atom is 0.276 e. The molecule has 0 spiro atoms. The van der Waals surface area contributed by atoms with E-state index >= 15 is 0 Å². The Morgan fingerprint density at radius 2 is 1.84 bits per heavy atom. The Morgan fingerprint density at radius 3 is 2.45 bits per heavy atom. The van der Waals surface area contributed by atoms with E-state index in [9.17, 15) is 18.0 Å². The molecule has 0 N–H and O–H groups in total. The van der Waals surface area contributed by atoms with Crippen molar-refractivity contribution in [1.82, 2.24) is 10.1 Å². The highest BCUT2D eigenvalue weighted by molar-refractivity contribution is 5.92. The van der Waals surface area contributed by atoms with Gasteiger partial charge in [-0.05, 0) is 55.0 Å². The van der Waals surface area contributed by atoms with Gasteiger partial charge in [0.1, 0.15) is 18.2 Å². The van der Waals surface area contributed by atoms with Crippen LogP contribution in [0.4, 0.5) is 13.2 Å². The van der Waals surface area contributed by atoms with Gasteiger partial charge in [-0.1, -0.05) is 36.3 Å². The number of carbonyl (C=O) groups is 1. The number of piperidine rings is 1. The molecule has 0 bridgehead atoms. The number of oxime groups is 1. The van der Waals surface area contributed by atoms with Gasteiger partial charge < -0.3 is 19.0 Å². The molecule has 7 nitrogen and oxygen atoms in total. The minimum Gasteiger partial charge on any atom is -0.487 e. The molecule has 0 atom stereocenters. The highest BCUT2D eigenvalue weighted by atomic mass is 19.1. The van der Waals surface area contributed by atoms with Gasteiger partial charge in [-0.3, -0.25) is 4.79 Å². The zero-order valence-electron chi connectivity index (χ0n) is 21.5. The van der Waals surface area contributed by atoms with Crippen LogP contribution in [0.5, 0.6) is 5.75 Å². The van der Waals surface area contributed by atoms with Crippen molar-refractivity contribution in [3.8, 4) is 16.9 Å². The van der Waals surface area contributed by atoms with E-state index in [1.165, 1.54) is 18.3 Å². The fraction of sp³-hybridized carbons (Fsp3) is 0.393. The Morgan fingerprint density at radius 1 is 1.13 bits per heavy atom. The first-order chi connectivity index (χ1) is 18.3. The summed E-state index contributed by atoms with van der Waals surface area (Å²) in [7, 11) is 0. The minimum absolute atomic E-state index is 0.0180. The quantitative estimate of drug-likeness (QED) is 0.244. The molecule has 4 rings (SSSR count). The third kappa shape index (κ3) is 6.35. The SMILES string of the molecule is CCO/N=C/c1ccc(-c2cc(F)c(OCC3CCN(C(=O)c4cc(C(C)C)on4)CC3)c(F)c2)c(F)c1. The Kier molecular flexibility index (Phi) is 8.70. The van der Waals surface area contributed by atoms with Crippen molar-refractivity contribution in [3.05, 3.63) is 70.9 Å². The first kappa shape index (κ1) is 27.2. The molecular formula is C28H30F3N3O4. The maximum absolute atomic E-state index is 14.8. The average molecular weight is 530 g/mol. The van der Waals surface area contributed by atoms with Crippen molar-refractivity contribution in [1.29, 1.82) is 0 Å². The number of benzene rings is 2. The molecule has 0 unspecified atom stereocenters. The second-order valence-corrected chi connectivity index (χ2v) is 9.48. The molecule has 38 heavy (non-hydrogen) atoms. The number of hydrogen-bond donors (Lipinski definition) is 0. The van der Waals surface area contributed by atoms with Crippen molar-refractivity contribution in [2.75, 3.05) is 26.3 Å². The summed E-state index contributed by atoms with van der Waals surface area (Å²) in [5.74, 6) is -2.38. The lowest BCUT2D eigenvalue weighted by Crippen LogP contribution is -2.39. The normalized spacial score (nSPS) is 14.4. The van der Waals surface area contributed by atoms with E-state index in [-0.39, 0.29) is 41.2 Å². The third-order valence-corrected chi connectivity index (χ3v) is 6.39. The van der Waals surface area contributed by atoms with Crippen molar-refractivity contribution in [2.24, 2.45) is 11.1 Å². The molecule has 1 aliphatic rings. The van der Waals surface area contributed by atoms with Gasteiger partial charge in [0.2, 0.25) is 0 Å². The monoisotopic (exact) mass is 529 g/mol. The fourth-order valence-electron chi connectivity index (χ4n) is 4.20. The molecular weight excluding hydrogens is 499 g/mol. The molecule has 10 heteroatoms. The summed E-state index contributed by atoms with van der Waals surface area (Å²) >= 11 is 0. The molecule has 0 saturated carbocycles. The number of nitrogens with zero attached hydrogens (tertiary/aromatic N) is 3. The first-order valence-electron chi connectivity index (χ1n) is 12.6. The highest BCUT2D eigenvalue weighted by Gasteiger charge is 2.27. The topological polar surface area (TPSA) is 77.2 Å². The van der Waals surface area contributed by atoms with Gasteiger partial charge in [0.25, 0.3) is 5.91 Å². The largest absolute Gasteiger partial charge is 0.487 e. The summed E-state index contributed by atoms with van der Waals surface area (Å²) in [6.45, 7) is 7.11. The van der Waals surface area contributed by atoms with Crippen LogP contribution in [-0.2, 0) is 4.84 Å². The summed E-state index contributed by atoms with van der Waals surface area (Å²) in [5.41, 5.74) is 0.832. The number of amides is 1. The van der Waals surface area contributed by atoms with Crippen molar-refractivity contribution < 1.29 is 32.1 Å². The zero-order valence-corrected chi connectivity index (χ0v) is 21.5. The molecule has 3 aromatic rings. The number of halogens is 3. The van der Waals surface area contributed by atoms with Crippen LogP contribution >= 0.6 is 0 Å². The lowest BCUT2D eigenvalue weighted by atomic mass is 9.97. The highest BCUT2D eigenvalue weighted by Crippen LogP contribution is 2.32. The number of ether oxygens (including phenoxy) is 1. The van der Waals surface area contributed by atoms with Gasteiger partial charge in [0, 0.05) is 30.6 Å². The molecule has 1 aliphatic heterocycles. The molecule has 0 aliphatic carbocycles. The predicted molar refractivity (Wildman–Crippen MR) is 136 cm³/mol. The molecule has 1 aromatic heterocycles. The molecule has 2 heterocycles. The predicted octanol–water partition coefficient (Wildman–Crippen LogP) is 6.18. The minimum atomic E-state index is -0.916. The maximum atomic E-state index is 14.8. The van der Waals surface area contributed by atoms with Crippen LogP contribution in [0, 0.1) is 23.4 Å². The van der Waals surface area contributed by atoms with E-state index in [1.807, 2.05) is 13.8 Å². The third-order valence-electron chi connectivity index (χ3n) is 6.39. The Balaban J connectivity index is 1.34. The Labute approximate surface area is 219 Å². The second kappa shape index (κ2) is 12.1. The van der Waals surface area contributed by atoms with E-state index in [2.05, 4.69) is 10.3 Å². The molecule has 0 radical (unpaired) electrons. The summed E-state index contributed by atoms with van der Waals surface area (Å²) in [6.07, 6.45) is 2.59. The number of hydrogen-bond acceptors (Lipinski definition) is 6. The van der Waals surface area contributed by atoms with Crippen molar-refractivity contribution in [3.63, 3.8) is 0 Å². The van der Waals surface area contributed by atoms with Crippen LogP contribution in [0.2, 0.25) is 0 Å². The Hall–Kier alpha value is -3.82. The zero-order chi connectivity index (χ0) is 27.2. The second-order valence-electron chi connectivity index (χ2n) is 9.48. The number of likely N-dealkylation sites (tertiary alicyclic amines) is 1. The molecule has 1 saturated heterocycles. The van der Waals surface area contributed by atoms with Crippen LogP contribution in [0.25, 0.3) is 11.1 Å². The van der Waals surface area contributed by atoms with Crippen molar-refractivity contribution >= 4 is 12.1 Å². The summed E-state index contributed by atoms with van der Waals surface area (Å²) in [4.78, 5) is 19.2. The lowest BCUT2D eigenvalue weighted by molar-refractivity contribution is 0.0648. The van der Waals surface area contributed by atoms with Gasteiger partial charge in [-0.25, -0.2) is 13.2 Å². The van der Waals surface area contributed by atoms with Crippen LogP contribution in [-0.4, -0.2) is 48.5 Å². The van der Waals surface area contributed by atoms with Crippen LogP contribution < -0.4 is 4.74 Å². The molecule has 1 fully saturated rings. The van der Waals surface area contributed by atoms with E-state index in [0.29, 0.717) is 43.9 Å². The standard InChI is InChI=1S/C28H30F3N3O4/c1-4-37-32-15-19-5-6-21(22(29)11-19)20-12-23(30)27(24(31)13-20)36-16-18-7-9-34(10-8-18)28(35)25-14-26(17(2)3)38-33-25/h5-6,11-15,17-18H,4,7-10,16H2,1-3H3/b32-15+. The molecule has 2 aromatic carbocycles. The smallest absolute Gasteiger partial charge is 0.276 e. The van der Waals surface area contributed by atoms with Gasteiger partial charge in [-0.2, -0.15) is 0 Å². The van der Waals surface area contributed by atoms with Gasteiger partial charge in [-0.15, -0.1) is 0 Å². The van der Waals surface area contributed by atoms with Gasteiger partial charge in [0.05, 0.1) is 12.8 Å². The summed E-state index contributed by atoms with van der Waals surface area (Å²) in [6, 6.07) is 7.97. The fourth-order valence-corrected chi connectivity index (χ4v) is 4.20. The van der Waals surface area contributed by atoms with Gasteiger partial charge >= 0.3 is 0 Å². The van der Waals surface area contributed by atoms with E-state index in [1.54, 1.807) is 24.0 Å².